The molecule has 2 aromatic heterocycles. The molecule has 2 heterocycles. The number of rotatable bonds is 4. The molecule has 228 valence electrons. The van der Waals surface area contributed by atoms with Crippen molar-refractivity contribution in [2.24, 2.45) is 10.9 Å². The van der Waals surface area contributed by atoms with E-state index >= 15 is 0 Å². The van der Waals surface area contributed by atoms with E-state index in [1.807, 2.05) is 6.08 Å². The monoisotopic (exact) mass is 615 g/mol. The van der Waals surface area contributed by atoms with Gasteiger partial charge < -0.3 is 4.57 Å². The van der Waals surface area contributed by atoms with E-state index in [0.29, 0.717) is 0 Å². The molecular formula is C45H33N3. The van der Waals surface area contributed by atoms with Crippen LogP contribution >= 0.6 is 0 Å². The summed E-state index contributed by atoms with van der Waals surface area (Å²) in [7, 11) is 0. The molecule has 0 fully saturated rings. The van der Waals surface area contributed by atoms with Gasteiger partial charge in [-0.05, 0) is 48.2 Å². The molecular weight excluding hydrogens is 583 g/mol. The summed E-state index contributed by atoms with van der Waals surface area (Å²) in [4.78, 5) is 5.54. The van der Waals surface area contributed by atoms with Crippen LogP contribution in [-0.4, -0.2) is 15.0 Å². The van der Waals surface area contributed by atoms with E-state index < -0.39 is 0 Å². The van der Waals surface area contributed by atoms with Gasteiger partial charge in [-0.3, -0.25) is 4.57 Å². The maximum absolute atomic E-state index is 5.54. The Hall–Kier alpha value is -6.19. The fraction of sp³-hybridized carbons (Fsp3) is 0.0444. The fourth-order valence-corrected chi connectivity index (χ4v) is 7.53. The van der Waals surface area contributed by atoms with Gasteiger partial charge in [0.05, 0.1) is 27.8 Å². The normalized spacial score (nSPS) is 16.1. The number of allylic oxidation sites excluding steroid dienone is 6. The maximum atomic E-state index is 5.54. The molecule has 0 radical (unpaired) electrons. The Balaban J connectivity index is 1.42. The third-order valence-corrected chi connectivity index (χ3v) is 9.70. The zero-order valence-corrected chi connectivity index (χ0v) is 26.7. The second-order valence-electron chi connectivity index (χ2n) is 12.4. The van der Waals surface area contributed by atoms with E-state index in [9.17, 15) is 0 Å². The minimum Gasteiger partial charge on any atom is -0.309 e. The van der Waals surface area contributed by atoms with E-state index in [1.165, 1.54) is 48.9 Å². The molecule has 1 aliphatic carbocycles. The van der Waals surface area contributed by atoms with Crippen LogP contribution < -0.4 is 0 Å². The predicted octanol–water partition coefficient (Wildman–Crippen LogP) is 11.7. The third kappa shape index (κ3) is 4.32. The molecule has 1 atom stereocenters. The highest BCUT2D eigenvalue weighted by molar-refractivity contribution is 6.25. The zero-order valence-electron chi connectivity index (χ0n) is 26.7. The average Bonchev–Trinajstić information content (AvgIpc) is 3.66. The lowest BCUT2D eigenvalue weighted by Gasteiger charge is -2.18. The quantitative estimate of drug-likeness (QED) is 0.107. The Morgan fingerprint density at radius 3 is 2.17 bits per heavy atom. The first-order valence-corrected chi connectivity index (χ1v) is 16.5. The number of nitrogens with zero attached hydrogens (tertiary/aromatic N) is 3. The molecule has 1 aliphatic rings. The second-order valence-corrected chi connectivity index (χ2v) is 12.4. The van der Waals surface area contributed by atoms with Crippen LogP contribution in [0.25, 0.3) is 65.8 Å². The van der Waals surface area contributed by atoms with Crippen molar-refractivity contribution in [2.75, 3.05) is 0 Å². The van der Waals surface area contributed by atoms with Crippen molar-refractivity contribution in [3.05, 3.63) is 182 Å². The molecule has 9 rings (SSSR count). The Morgan fingerprint density at radius 2 is 1.35 bits per heavy atom. The molecule has 0 saturated carbocycles. The van der Waals surface area contributed by atoms with Crippen LogP contribution in [0.1, 0.15) is 12.5 Å². The molecule has 48 heavy (non-hydrogen) atoms. The molecule has 0 amide bonds. The third-order valence-electron chi connectivity index (χ3n) is 9.70. The first-order valence-electron chi connectivity index (χ1n) is 16.5. The Morgan fingerprint density at radius 1 is 0.646 bits per heavy atom. The van der Waals surface area contributed by atoms with Crippen molar-refractivity contribution in [3.8, 4) is 5.69 Å². The molecule has 6 aromatic carbocycles. The number of hydrogen-bond acceptors (Lipinski definition) is 1. The van der Waals surface area contributed by atoms with Crippen LogP contribution in [0.3, 0.4) is 0 Å². The van der Waals surface area contributed by atoms with Gasteiger partial charge >= 0.3 is 0 Å². The Bertz CT molecular complexity index is 2680. The minimum atomic E-state index is 0.0712. The molecule has 0 spiro atoms. The summed E-state index contributed by atoms with van der Waals surface area (Å²) in [5.74, 6) is 0.979. The SMILES string of the molecule is C=CC1C=CC=C/C1=C(/N=C(C)n1c2cc3c(cc2c2ccc4ccccc4c21)c1ccccc1n3-c1ccccc1)c1ccccc1. The Labute approximate surface area is 279 Å². The van der Waals surface area contributed by atoms with Gasteiger partial charge in [-0.1, -0.05) is 134 Å². The Kier molecular flexibility index (Phi) is 6.58. The molecule has 0 N–H and O–H groups in total. The van der Waals surface area contributed by atoms with Crippen LogP contribution in [0.2, 0.25) is 0 Å². The van der Waals surface area contributed by atoms with Gasteiger partial charge in [-0.2, -0.15) is 0 Å². The van der Waals surface area contributed by atoms with Gasteiger partial charge in [0.15, 0.2) is 0 Å². The molecule has 1 unspecified atom stereocenters. The smallest absolute Gasteiger partial charge is 0.111 e. The first kappa shape index (κ1) is 28.1. The summed E-state index contributed by atoms with van der Waals surface area (Å²) in [5.41, 5.74) is 8.98. The van der Waals surface area contributed by atoms with Gasteiger partial charge in [0.2, 0.25) is 0 Å². The molecule has 3 nitrogen and oxygen atoms in total. The minimum absolute atomic E-state index is 0.0712. The number of aromatic nitrogens is 2. The molecule has 8 aromatic rings. The highest BCUT2D eigenvalue weighted by Gasteiger charge is 2.21. The predicted molar refractivity (Wildman–Crippen MR) is 205 cm³/mol. The van der Waals surface area contributed by atoms with Gasteiger partial charge in [-0.25, -0.2) is 4.99 Å². The molecule has 0 aliphatic heterocycles. The van der Waals surface area contributed by atoms with Crippen molar-refractivity contribution in [1.29, 1.82) is 0 Å². The van der Waals surface area contributed by atoms with Crippen LogP contribution in [0.15, 0.2) is 181 Å². The van der Waals surface area contributed by atoms with Gasteiger partial charge in [-0.15, -0.1) is 6.58 Å². The van der Waals surface area contributed by atoms with Gasteiger partial charge in [0.25, 0.3) is 0 Å². The van der Waals surface area contributed by atoms with Crippen molar-refractivity contribution >= 4 is 65.9 Å². The summed E-state index contributed by atoms with van der Waals surface area (Å²) in [6, 6.07) is 47.9. The van der Waals surface area contributed by atoms with Gasteiger partial charge in [0, 0.05) is 44.1 Å². The average molecular weight is 616 g/mol. The number of benzene rings is 6. The molecule has 0 bridgehead atoms. The highest BCUT2D eigenvalue weighted by Crippen LogP contribution is 2.41. The van der Waals surface area contributed by atoms with Crippen molar-refractivity contribution in [1.82, 2.24) is 9.13 Å². The van der Waals surface area contributed by atoms with E-state index in [0.717, 1.165) is 33.9 Å². The summed E-state index contributed by atoms with van der Waals surface area (Å²) in [6.45, 7) is 6.31. The van der Waals surface area contributed by atoms with Crippen LogP contribution in [0, 0.1) is 5.92 Å². The van der Waals surface area contributed by atoms with Gasteiger partial charge in [0.1, 0.15) is 5.84 Å². The summed E-state index contributed by atoms with van der Waals surface area (Å²) >= 11 is 0. The number of fused-ring (bicyclic) bond motifs is 8. The second kappa shape index (κ2) is 11.3. The lowest BCUT2D eigenvalue weighted by molar-refractivity contribution is 0.995. The summed E-state index contributed by atoms with van der Waals surface area (Å²) in [6.07, 6.45) is 10.5. The van der Waals surface area contributed by atoms with Crippen molar-refractivity contribution < 1.29 is 0 Å². The number of para-hydroxylation sites is 2. The standard InChI is InChI=1S/C45H33N3/c1-3-31-16-10-12-22-35(31)44(33-18-6-4-7-19-33)46-30(2)47-42-29-43-39(28-40(42)38-27-26-32-17-11-13-23-36(32)45(38)47)37-24-14-15-25-41(37)48(43)34-20-8-5-9-21-34/h3-29,31H,1H2,2H3/b44-35-,46-30?. The molecule has 3 heteroatoms. The topological polar surface area (TPSA) is 22.2 Å². The van der Waals surface area contributed by atoms with Crippen molar-refractivity contribution in [2.45, 2.75) is 6.92 Å². The highest BCUT2D eigenvalue weighted by atomic mass is 15.1. The number of hydrogen-bond donors (Lipinski definition) is 0. The summed E-state index contributed by atoms with van der Waals surface area (Å²) in [5, 5.41) is 7.33. The summed E-state index contributed by atoms with van der Waals surface area (Å²) < 4.78 is 4.77. The van der Waals surface area contributed by atoms with Crippen LogP contribution in [0.5, 0.6) is 0 Å². The number of aliphatic imine (C=N–C) groups is 1. The maximum Gasteiger partial charge on any atom is 0.111 e. The fourth-order valence-electron chi connectivity index (χ4n) is 7.53. The zero-order chi connectivity index (χ0) is 32.2. The van der Waals surface area contributed by atoms with E-state index in [-0.39, 0.29) is 5.92 Å². The van der Waals surface area contributed by atoms with Crippen LogP contribution in [-0.2, 0) is 0 Å². The van der Waals surface area contributed by atoms with E-state index in [2.05, 4.69) is 180 Å². The first-order chi connectivity index (χ1) is 23.7. The molecule has 0 saturated heterocycles. The van der Waals surface area contributed by atoms with Crippen molar-refractivity contribution in [3.63, 3.8) is 0 Å². The lowest BCUT2D eigenvalue weighted by Crippen LogP contribution is -2.09. The van der Waals surface area contributed by atoms with Crippen LogP contribution in [0.4, 0.5) is 0 Å². The largest absolute Gasteiger partial charge is 0.309 e. The van der Waals surface area contributed by atoms with E-state index in [4.69, 9.17) is 4.99 Å². The lowest BCUT2D eigenvalue weighted by atomic mass is 9.91. The van der Waals surface area contributed by atoms with E-state index in [1.54, 1.807) is 0 Å².